The molecule has 1 atom stereocenters. The second-order valence-electron chi connectivity index (χ2n) is 5.34. The van der Waals surface area contributed by atoms with Crippen LogP contribution in [0.2, 0.25) is 5.02 Å². The lowest BCUT2D eigenvalue weighted by Crippen LogP contribution is -2.47. The first-order valence-corrected chi connectivity index (χ1v) is 9.31. The number of carbonyl (C=O) groups excluding carboxylic acids is 2. The molecule has 26 heavy (non-hydrogen) atoms. The smallest absolute Gasteiger partial charge is 0.279 e. The lowest BCUT2D eigenvalue weighted by atomic mass is 10.2. The highest BCUT2D eigenvalue weighted by Crippen LogP contribution is 2.20. The molecule has 2 N–H and O–H groups in total. The van der Waals surface area contributed by atoms with Gasteiger partial charge in [-0.1, -0.05) is 29.8 Å². The molecule has 0 saturated heterocycles. The van der Waals surface area contributed by atoms with Crippen LogP contribution in [-0.2, 0) is 15.3 Å². The molecule has 0 aliphatic rings. The molecule has 0 heterocycles. The van der Waals surface area contributed by atoms with Crippen molar-refractivity contribution in [1.29, 1.82) is 0 Å². The number of hydrogen-bond acceptors (Lipinski definition) is 4. The van der Waals surface area contributed by atoms with E-state index >= 15 is 0 Å². The number of nitrogens with one attached hydrogen (secondary N) is 2. The molecule has 0 spiro atoms. The molecule has 2 rings (SSSR count). The molecule has 0 saturated carbocycles. The summed E-state index contributed by atoms with van der Waals surface area (Å²) in [4.78, 5) is 23.7. The van der Waals surface area contributed by atoms with Crippen molar-refractivity contribution in [3.63, 3.8) is 0 Å². The van der Waals surface area contributed by atoms with E-state index in [0.29, 0.717) is 16.5 Å². The third-order valence-electron chi connectivity index (χ3n) is 3.27. The summed E-state index contributed by atoms with van der Waals surface area (Å²) in [6, 6.07) is 12.7. The van der Waals surface area contributed by atoms with Gasteiger partial charge in [0.25, 0.3) is 5.91 Å². The average molecular weight is 397 g/mol. The van der Waals surface area contributed by atoms with Crippen molar-refractivity contribution in [3.05, 3.63) is 64.9 Å². The predicted molar refractivity (Wildman–Crippen MR) is 100 cm³/mol. The monoisotopic (exact) mass is 396 g/mol. The molecule has 0 aromatic heterocycles. The van der Waals surface area contributed by atoms with Gasteiger partial charge in [-0.3, -0.25) is 20.4 Å². The molecule has 2 aromatic carbocycles. The molecular formula is C18H18ClFN2O3S. The van der Waals surface area contributed by atoms with Crippen LogP contribution in [0.25, 0.3) is 0 Å². The minimum atomic E-state index is -0.850. The van der Waals surface area contributed by atoms with Crippen molar-refractivity contribution in [2.45, 2.75) is 18.8 Å². The Morgan fingerprint density at radius 3 is 2.54 bits per heavy atom. The quantitative estimate of drug-likeness (QED) is 0.704. The van der Waals surface area contributed by atoms with Crippen molar-refractivity contribution >= 4 is 35.2 Å². The van der Waals surface area contributed by atoms with Crippen LogP contribution in [0, 0.1) is 5.82 Å². The van der Waals surface area contributed by atoms with Crippen molar-refractivity contribution in [2.24, 2.45) is 0 Å². The maximum absolute atomic E-state index is 12.8. The van der Waals surface area contributed by atoms with E-state index in [9.17, 15) is 14.0 Å². The van der Waals surface area contributed by atoms with Gasteiger partial charge in [-0.15, -0.1) is 11.8 Å². The summed E-state index contributed by atoms with van der Waals surface area (Å²) in [5.41, 5.74) is 5.57. The normalized spacial score (nSPS) is 11.5. The topological polar surface area (TPSA) is 67.4 Å². The Bertz CT molecular complexity index is 758. The van der Waals surface area contributed by atoms with Gasteiger partial charge in [-0.2, -0.15) is 0 Å². The minimum absolute atomic E-state index is 0.165. The van der Waals surface area contributed by atoms with E-state index in [2.05, 4.69) is 10.9 Å². The van der Waals surface area contributed by atoms with Gasteiger partial charge < -0.3 is 4.74 Å². The SMILES string of the molecule is C[C@@H](Oc1ccc(F)cc1)C(=O)NNC(=O)CSCc1ccccc1Cl. The number of rotatable bonds is 7. The van der Waals surface area contributed by atoms with Gasteiger partial charge in [0.15, 0.2) is 6.10 Å². The van der Waals surface area contributed by atoms with E-state index in [0.717, 1.165) is 5.56 Å². The second-order valence-corrected chi connectivity index (χ2v) is 6.73. The Morgan fingerprint density at radius 2 is 1.85 bits per heavy atom. The summed E-state index contributed by atoms with van der Waals surface area (Å²) in [6.07, 6.45) is -0.850. The lowest BCUT2D eigenvalue weighted by Gasteiger charge is -2.15. The fourth-order valence-corrected chi connectivity index (χ4v) is 3.02. The predicted octanol–water partition coefficient (Wildman–Crippen LogP) is 3.33. The summed E-state index contributed by atoms with van der Waals surface area (Å²) in [5, 5.41) is 0.653. The lowest BCUT2D eigenvalue weighted by molar-refractivity contribution is -0.131. The second kappa shape index (κ2) is 10.0. The first-order chi connectivity index (χ1) is 12.5. The minimum Gasteiger partial charge on any atom is -0.481 e. The molecule has 2 amide bonds. The molecule has 0 aliphatic heterocycles. The number of hydrogen-bond donors (Lipinski definition) is 2. The number of benzene rings is 2. The molecule has 0 fully saturated rings. The van der Waals surface area contributed by atoms with Crippen LogP contribution in [0.3, 0.4) is 0 Å². The Hall–Kier alpha value is -2.25. The van der Waals surface area contributed by atoms with Gasteiger partial charge >= 0.3 is 0 Å². The van der Waals surface area contributed by atoms with E-state index in [1.54, 1.807) is 6.07 Å². The molecule has 0 unspecified atom stereocenters. The number of carbonyl (C=O) groups is 2. The van der Waals surface area contributed by atoms with E-state index in [-0.39, 0.29) is 11.7 Å². The van der Waals surface area contributed by atoms with E-state index < -0.39 is 17.8 Å². The third kappa shape index (κ3) is 6.57. The maximum Gasteiger partial charge on any atom is 0.279 e. The third-order valence-corrected chi connectivity index (χ3v) is 4.62. The molecule has 5 nitrogen and oxygen atoms in total. The zero-order chi connectivity index (χ0) is 18.9. The first kappa shape index (κ1) is 20.1. The summed E-state index contributed by atoms with van der Waals surface area (Å²) >= 11 is 7.42. The van der Waals surface area contributed by atoms with Gasteiger partial charge in [-0.05, 0) is 42.8 Å². The van der Waals surface area contributed by atoms with Crippen molar-refractivity contribution in [3.8, 4) is 5.75 Å². The summed E-state index contributed by atoms with van der Waals surface area (Å²) in [5.74, 6) is -0.140. The average Bonchev–Trinajstić information content (AvgIpc) is 2.63. The summed E-state index contributed by atoms with van der Waals surface area (Å²) in [6.45, 7) is 1.52. The van der Waals surface area contributed by atoms with Crippen molar-refractivity contribution < 1.29 is 18.7 Å². The maximum atomic E-state index is 12.8. The van der Waals surface area contributed by atoms with Gasteiger partial charge in [0.2, 0.25) is 5.91 Å². The molecule has 0 bridgehead atoms. The van der Waals surface area contributed by atoms with E-state index in [4.69, 9.17) is 16.3 Å². The van der Waals surface area contributed by atoms with E-state index in [1.807, 2.05) is 18.2 Å². The van der Waals surface area contributed by atoms with E-state index in [1.165, 1.54) is 43.0 Å². The van der Waals surface area contributed by atoms with Crippen LogP contribution in [0.1, 0.15) is 12.5 Å². The highest BCUT2D eigenvalue weighted by atomic mass is 35.5. The van der Waals surface area contributed by atoms with Crippen LogP contribution in [-0.4, -0.2) is 23.7 Å². The number of halogens is 2. The Morgan fingerprint density at radius 1 is 1.15 bits per heavy atom. The zero-order valence-corrected chi connectivity index (χ0v) is 15.6. The Labute approximate surface area is 160 Å². The van der Waals surface area contributed by atoms with Crippen molar-refractivity contribution in [2.75, 3.05) is 5.75 Å². The number of amides is 2. The number of hydrazine groups is 1. The Balaban J connectivity index is 1.68. The number of ether oxygens (including phenoxy) is 1. The standard InChI is InChI=1S/C18H18ClFN2O3S/c1-12(25-15-8-6-14(20)7-9-15)18(24)22-21-17(23)11-26-10-13-4-2-3-5-16(13)19/h2-9,12H,10-11H2,1H3,(H,21,23)(H,22,24)/t12-/m1/s1. The first-order valence-electron chi connectivity index (χ1n) is 7.78. The fraction of sp³-hybridized carbons (Fsp3) is 0.222. The molecule has 8 heteroatoms. The molecule has 2 aromatic rings. The molecular weight excluding hydrogens is 379 g/mol. The van der Waals surface area contributed by atoms with Gasteiger partial charge in [0.1, 0.15) is 11.6 Å². The largest absolute Gasteiger partial charge is 0.481 e. The van der Waals surface area contributed by atoms with Gasteiger partial charge in [-0.25, -0.2) is 4.39 Å². The van der Waals surface area contributed by atoms with Gasteiger partial charge in [0, 0.05) is 10.8 Å². The number of thioether (sulfide) groups is 1. The van der Waals surface area contributed by atoms with Crippen LogP contribution in [0.4, 0.5) is 4.39 Å². The van der Waals surface area contributed by atoms with Gasteiger partial charge in [0.05, 0.1) is 5.75 Å². The Kier molecular flexibility index (Phi) is 7.74. The van der Waals surface area contributed by atoms with Crippen LogP contribution >= 0.6 is 23.4 Å². The van der Waals surface area contributed by atoms with Crippen LogP contribution in [0.15, 0.2) is 48.5 Å². The highest BCUT2D eigenvalue weighted by molar-refractivity contribution is 7.99. The fourth-order valence-electron chi connectivity index (χ4n) is 1.91. The van der Waals surface area contributed by atoms with Crippen LogP contribution in [0.5, 0.6) is 5.75 Å². The van der Waals surface area contributed by atoms with Crippen LogP contribution < -0.4 is 15.6 Å². The molecule has 138 valence electrons. The summed E-state index contributed by atoms with van der Waals surface area (Å²) < 4.78 is 18.2. The summed E-state index contributed by atoms with van der Waals surface area (Å²) in [7, 11) is 0. The van der Waals surface area contributed by atoms with Crippen molar-refractivity contribution in [1.82, 2.24) is 10.9 Å². The highest BCUT2D eigenvalue weighted by Gasteiger charge is 2.15. The zero-order valence-electron chi connectivity index (χ0n) is 14.0. The molecule has 0 aliphatic carbocycles. The molecule has 0 radical (unpaired) electrons.